The molecule has 0 spiro atoms. The zero-order valence-corrected chi connectivity index (χ0v) is 21.1. The second-order valence-electron chi connectivity index (χ2n) is 7.50. The monoisotopic (exact) mass is 521 g/mol. The topological polar surface area (TPSA) is 69.7 Å². The van der Waals surface area contributed by atoms with E-state index >= 15 is 0 Å². The van der Waals surface area contributed by atoms with Crippen molar-refractivity contribution in [1.29, 1.82) is 0 Å². The summed E-state index contributed by atoms with van der Waals surface area (Å²) >= 11 is 7.49. The van der Waals surface area contributed by atoms with E-state index < -0.39 is 16.0 Å². The molecule has 0 aliphatic heterocycles. The number of carbonyl (C=O) groups excluding carboxylic acids is 1. The minimum absolute atomic E-state index is 0.0452. The van der Waals surface area contributed by atoms with Crippen molar-refractivity contribution in [3.63, 3.8) is 0 Å². The molecule has 3 rings (SSSR count). The number of carbonyl (C=O) groups is 1. The second kappa shape index (κ2) is 11.7. The van der Waals surface area contributed by atoms with Gasteiger partial charge in [0.25, 0.3) is 5.91 Å². The van der Waals surface area contributed by atoms with Crippen molar-refractivity contribution in [3.8, 4) is 0 Å². The van der Waals surface area contributed by atoms with Gasteiger partial charge in [0.2, 0.25) is 0 Å². The van der Waals surface area contributed by atoms with Gasteiger partial charge < -0.3 is 5.32 Å². The summed E-state index contributed by atoms with van der Waals surface area (Å²) in [6, 6.07) is 19.8. The van der Waals surface area contributed by atoms with Crippen LogP contribution in [0.4, 0.5) is 10.1 Å². The van der Waals surface area contributed by atoms with Gasteiger partial charge in [0, 0.05) is 41.9 Å². The minimum Gasteiger partial charge on any atom is -0.351 e. The number of nitrogens with zero attached hydrogens (tertiary/aromatic N) is 2. The molecule has 3 aromatic rings. The van der Waals surface area contributed by atoms with Crippen molar-refractivity contribution < 1.29 is 17.6 Å². The largest absolute Gasteiger partial charge is 0.351 e. The smallest absolute Gasteiger partial charge is 0.303 e. The predicted octanol–water partition coefficient (Wildman–Crippen LogP) is 4.81. The van der Waals surface area contributed by atoms with Gasteiger partial charge >= 0.3 is 10.2 Å². The second-order valence-corrected chi connectivity index (χ2v) is 11.2. The molecule has 0 unspecified atom stereocenters. The molecule has 0 aliphatic carbocycles. The molecule has 1 amide bonds. The van der Waals surface area contributed by atoms with Gasteiger partial charge in [0.05, 0.1) is 12.2 Å². The number of para-hydroxylation sites is 1. The van der Waals surface area contributed by atoms with Gasteiger partial charge in [-0.1, -0.05) is 35.9 Å². The van der Waals surface area contributed by atoms with Gasteiger partial charge in [0.1, 0.15) is 5.82 Å². The van der Waals surface area contributed by atoms with E-state index in [-0.39, 0.29) is 18.1 Å². The summed E-state index contributed by atoms with van der Waals surface area (Å²) in [5, 5.41) is 3.54. The Kier molecular flexibility index (Phi) is 8.96. The first-order valence-electron chi connectivity index (χ1n) is 10.4. The Morgan fingerprint density at radius 2 is 1.65 bits per heavy atom. The highest BCUT2D eigenvalue weighted by atomic mass is 35.5. The van der Waals surface area contributed by atoms with Crippen LogP contribution in [0, 0.1) is 5.82 Å². The van der Waals surface area contributed by atoms with Gasteiger partial charge in [-0.15, -0.1) is 11.8 Å². The van der Waals surface area contributed by atoms with E-state index in [0.29, 0.717) is 28.4 Å². The van der Waals surface area contributed by atoms with Crippen LogP contribution in [-0.4, -0.2) is 45.0 Å². The Labute approximate surface area is 208 Å². The van der Waals surface area contributed by atoms with Crippen LogP contribution in [0.5, 0.6) is 0 Å². The lowest BCUT2D eigenvalue weighted by molar-refractivity contribution is 0.0956. The maximum Gasteiger partial charge on any atom is 0.303 e. The number of benzene rings is 3. The molecule has 180 valence electrons. The van der Waals surface area contributed by atoms with Gasteiger partial charge in [-0.3, -0.25) is 9.10 Å². The van der Waals surface area contributed by atoms with Crippen molar-refractivity contribution in [2.45, 2.75) is 11.4 Å². The van der Waals surface area contributed by atoms with E-state index in [9.17, 15) is 17.6 Å². The van der Waals surface area contributed by atoms with Crippen LogP contribution < -0.4 is 9.62 Å². The molecule has 0 bridgehead atoms. The highest BCUT2D eigenvalue weighted by Gasteiger charge is 2.27. The number of rotatable bonds is 10. The molecule has 10 heteroatoms. The lowest BCUT2D eigenvalue weighted by atomic mass is 10.1. The summed E-state index contributed by atoms with van der Waals surface area (Å²) in [5.74, 6) is -0.165. The molecule has 0 radical (unpaired) electrons. The number of hydrogen-bond donors (Lipinski definition) is 1. The molecule has 0 saturated carbocycles. The van der Waals surface area contributed by atoms with Crippen molar-refractivity contribution in [3.05, 3.63) is 94.8 Å². The molecule has 34 heavy (non-hydrogen) atoms. The zero-order valence-electron chi connectivity index (χ0n) is 18.7. The van der Waals surface area contributed by atoms with Crippen LogP contribution >= 0.6 is 23.4 Å². The van der Waals surface area contributed by atoms with Gasteiger partial charge in [0.15, 0.2) is 0 Å². The van der Waals surface area contributed by atoms with E-state index in [1.807, 2.05) is 24.3 Å². The highest BCUT2D eigenvalue weighted by molar-refractivity contribution is 7.99. The normalized spacial score (nSPS) is 11.4. The lowest BCUT2D eigenvalue weighted by Gasteiger charge is -2.27. The zero-order chi connectivity index (χ0) is 24.7. The molecular formula is C24H25ClFN3O3S2. The van der Waals surface area contributed by atoms with Crippen molar-refractivity contribution in [2.75, 3.05) is 30.7 Å². The molecule has 0 aliphatic rings. The molecule has 0 heterocycles. The highest BCUT2D eigenvalue weighted by Crippen LogP contribution is 2.25. The third-order valence-electron chi connectivity index (χ3n) is 4.87. The molecule has 0 saturated heterocycles. The van der Waals surface area contributed by atoms with Crippen LogP contribution in [0.2, 0.25) is 5.02 Å². The minimum atomic E-state index is -3.94. The van der Waals surface area contributed by atoms with E-state index in [1.165, 1.54) is 32.3 Å². The van der Waals surface area contributed by atoms with Crippen LogP contribution in [-0.2, 0) is 16.8 Å². The van der Waals surface area contributed by atoms with Crippen LogP contribution in [0.15, 0.2) is 77.7 Å². The molecule has 6 nitrogen and oxygen atoms in total. The Morgan fingerprint density at radius 3 is 2.26 bits per heavy atom. The first-order valence-corrected chi connectivity index (χ1v) is 13.1. The fourth-order valence-corrected chi connectivity index (χ4v) is 5.03. The molecular weight excluding hydrogens is 497 g/mol. The van der Waals surface area contributed by atoms with E-state index in [0.717, 1.165) is 13.5 Å². The van der Waals surface area contributed by atoms with E-state index in [4.69, 9.17) is 11.6 Å². The quantitative estimate of drug-likeness (QED) is 0.307. The average molecular weight is 522 g/mol. The predicted molar refractivity (Wildman–Crippen MR) is 136 cm³/mol. The summed E-state index contributed by atoms with van der Waals surface area (Å²) in [5.41, 5.74) is 1.02. The average Bonchev–Trinajstić information content (AvgIpc) is 2.82. The van der Waals surface area contributed by atoms with Crippen LogP contribution in [0.3, 0.4) is 0 Å². The fourth-order valence-electron chi connectivity index (χ4n) is 3.04. The van der Waals surface area contributed by atoms with E-state index in [2.05, 4.69) is 5.32 Å². The molecule has 0 atom stereocenters. The Bertz CT molecular complexity index is 1220. The molecule has 1 N–H and O–H groups in total. The lowest BCUT2D eigenvalue weighted by Crippen LogP contribution is -2.40. The fraction of sp³-hybridized carbons (Fsp3) is 0.208. The summed E-state index contributed by atoms with van der Waals surface area (Å²) < 4.78 is 42.1. The third-order valence-corrected chi connectivity index (χ3v) is 7.94. The number of amides is 1. The first-order chi connectivity index (χ1) is 16.2. The van der Waals surface area contributed by atoms with Crippen molar-refractivity contribution in [1.82, 2.24) is 9.62 Å². The van der Waals surface area contributed by atoms with Crippen LogP contribution in [0.25, 0.3) is 0 Å². The Hall–Kier alpha value is -2.59. The summed E-state index contributed by atoms with van der Waals surface area (Å²) in [6.45, 7) is 0.400. The number of anilines is 1. The molecule has 0 aromatic heterocycles. The first kappa shape index (κ1) is 26.0. The molecule has 3 aromatic carbocycles. The number of halogens is 2. The SMILES string of the molecule is CN(C)S(=O)(=O)N(Cc1ccc(C(=O)NCCSc2ccc(Cl)cc2)cc1)c1ccccc1F. The number of nitrogens with one attached hydrogen (secondary N) is 1. The molecule has 0 fully saturated rings. The van der Waals surface area contributed by atoms with Gasteiger partial charge in [-0.2, -0.15) is 12.7 Å². The summed E-state index contributed by atoms with van der Waals surface area (Å²) in [4.78, 5) is 13.5. The van der Waals surface area contributed by atoms with Crippen molar-refractivity contribution in [2.24, 2.45) is 0 Å². The van der Waals surface area contributed by atoms with Gasteiger partial charge in [-0.05, 0) is 54.1 Å². The van der Waals surface area contributed by atoms with Crippen LogP contribution in [0.1, 0.15) is 15.9 Å². The van der Waals surface area contributed by atoms with E-state index in [1.54, 1.807) is 42.1 Å². The Balaban J connectivity index is 1.63. The summed E-state index contributed by atoms with van der Waals surface area (Å²) in [6.07, 6.45) is 0. The standard InChI is InChI=1S/C24H25ClFN3O3S2/c1-28(2)34(31,32)29(23-6-4-3-5-22(23)26)17-18-7-9-19(10-8-18)24(30)27-15-16-33-21-13-11-20(25)12-14-21/h3-14H,15-17H2,1-2H3,(H,27,30). The summed E-state index contributed by atoms with van der Waals surface area (Å²) in [7, 11) is -1.16. The maximum atomic E-state index is 14.4. The Morgan fingerprint density at radius 1 is 1.00 bits per heavy atom. The number of thioether (sulfide) groups is 1. The number of hydrogen-bond acceptors (Lipinski definition) is 4. The van der Waals surface area contributed by atoms with Gasteiger partial charge in [-0.25, -0.2) is 4.39 Å². The third kappa shape index (κ3) is 6.73. The maximum absolute atomic E-state index is 14.4. The van der Waals surface area contributed by atoms with Crippen molar-refractivity contribution >= 4 is 45.2 Å².